The summed E-state index contributed by atoms with van der Waals surface area (Å²) in [6.07, 6.45) is 2.85. The molecule has 5 nitrogen and oxygen atoms in total. The third-order valence-corrected chi connectivity index (χ3v) is 5.50. The molecule has 3 aromatic rings. The predicted molar refractivity (Wildman–Crippen MR) is 114 cm³/mol. The van der Waals surface area contributed by atoms with Crippen LogP contribution in [-0.4, -0.2) is 52.8 Å². The van der Waals surface area contributed by atoms with Crippen LogP contribution in [0.2, 0.25) is 0 Å². The summed E-state index contributed by atoms with van der Waals surface area (Å²) in [5.74, 6) is -0.645. The average molecular weight is 456 g/mol. The lowest BCUT2D eigenvalue weighted by Gasteiger charge is -2.34. The number of aromatic nitrogens is 1. The number of carbonyl (C=O) groups excluding carboxylic acids is 2. The number of fused-ring (bicyclic) bond motifs is 1. The van der Waals surface area contributed by atoms with Crippen molar-refractivity contribution in [2.75, 3.05) is 26.2 Å². The van der Waals surface area contributed by atoms with Crippen LogP contribution in [0, 0.1) is 5.82 Å². The van der Waals surface area contributed by atoms with Crippen molar-refractivity contribution in [1.82, 2.24) is 14.8 Å². The highest BCUT2D eigenvalue weighted by atomic mass is 79.9. The number of H-pyrrole nitrogens is 1. The van der Waals surface area contributed by atoms with Crippen molar-refractivity contribution in [1.29, 1.82) is 0 Å². The standard InChI is InChI=1S/C22H19BrFN3O2/c23-17-6-7-18(24)15(13-17)5-8-21(28)26-9-11-27(12-10-26)22(29)20-14-16-3-1-2-4-19(16)25-20/h1-8,13-14,25H,9-12H2. The Bertz CT molecular complexity index is 1070. The van der Waals surface area contributed by atoms with E-state index in [9.17, 15) is 14.0 Å². The molecule has 1 saturated heterocycles. The fourth-order valence-electron chi connectivity index (χ4n) is 3.40. The Labute approximate surface area is 175 Å². The summed E-state index contributed by atoms with van der Waals surface area (Å²) < 4.78 is 14.5. The summed E-state index contributed by atoms with van der Waals surface area (Å²) in [5.41, 5.74) is 1.82. The third kappa shape index (κ3) is 4.24. The molecular weight excluding hydrogens is 437 g/mol. The van der Waals surface area contributed by atoms with Crippen LogP contribution in [0.3, 0.4) is 0 Å². The van der Waals surface area contributed by atoms with Gasteiger partial charge in [-0.25, -0.2) is 4.39 Å². The first-order valence-corrected chi connectivity index (χ1v) is 10.1. The fraction of sp³-hybridized carbons (Fsp3) is 0.182. The van der Waals surface area contributed by atoms with Crippen molar-refractivity contribution in [3.63, 3.8) is 0 Å². The van der Waals surface area contributed by atoms with Gasteiger partial charge in [-0.05, 0) is 36.4 Å². The van der Waals surface area contributed by atoms with Crippen molar-refractivity contribution in [3.05, 3.63) is 76.2 Å². The number of para-hydroxylation sites is 1. The number of halogens is 2. The second-order valence-corrected chi connectivity index (χ2v) is 7.80. The zero-order valence-electron chi connectivity index (χ0n) is 15.6. The molecule has 0 atom stereocenters. The average Bonchev–Trinajstić information content (AvgIpc) is 3.18. The number of carbonyl (C=O) groups is 2. The van der Waals surface area contributed by atoms with E-state index in [-0.39, 0.29) is 17.6 Å². The van der Waals surface area contributed by atoms with Crippen molar-refractivity contribution in [2.45, 2.75) is 0 Å². The third-order valence-electron chi connectivity index (χ3n) is 5.00. The number of hydrogen-bond acceptors (Lipinski definition) is 2. The SMILES string of the molecule is O=C(C=Cc1cc(Br)ccc1F)N1CCN(C(=O)c2cc3ccccc3[nH]2)CC1. The van der Waals surface area contributed by atoms with Crippen LogP contribution in [0.4, 0.5) is 4.39 Å². The maximum atomic E-state index is 13.8. The quantitative estimate of drug-likeness (QED) is 0.605. The minimum atomic E-state index is -0.383. The van der Waals surface area contributed by atoms with Crippen molar-refractivity contribution >= 4 is 44.7 Å². The molecule has 1 N–H and O–H groups in total. The summed E-state index contributed by atoms with van der Waals surface area (Å²) in [6.45, 7) is 1.80. The van der Waals surface area contributed by atoms with Crippen LogP contribution < -0.4 is 0 Å². The van der Waals surface area contributed by atoms with Gasteiger partial charge in [0.2, 0.25) is 5.91 Å². The van der Waals surface area contributed by atoms with E-state index in [1.165, 1.54) is 18.2 Å². The van der Waals surface area contributed by atoms with Crippen LogP contribution in [0.1, 0.15) is 16.1 Å². The molecule has 148 valence electrons. The molecule has 0 spiro atoms. The zero-order chi connectivity index (χ0) is 20.4. The van der Waals surface area contributed by atoms with E-state index in [1.807, 2.05) is 30.3 Å². The summed E-state index contributed by atoms with van der Waals surface area (Å²) in [4.78, 5) is 31.7. The van der Waals surface area contributed by atoms with Gasteiger partial charge in [0.15, 0.2) is 0 Å². The van der Waals surface area contributed by atoms with Crippen LogP contribution in [-0.2, 0) is 4.79 Å². The van der Waals surface area contributed by atoms with Gasteiger partial charge < -0.3 is 14.8 Å². The van der Waals surface area contributed by atoms with Crippen LogP contribution in [0.5, 0.6) is 0 Å². The number of rotatable bonds is 3. The molecule has 1 fully saturated rings. The van der Waals surface area contributed by atoms with Gasteiger partial charge in [0, 0.05) is 53.2 Å². The van der Waals surface area contributed by atoms with E-state index in [2.05, 4.69) is 20.9 Å². The highest BCUT2D eigenvalue weighted by Crippen LogP contribution is 2.18. The second-order valence-electron chi connectivity index (χ2n) is 6.89. The lowest BCUT2D eigenvalue weighted by Crippen LogP contribution is -2.50. The Balaban J connectivity index is 1.37. The van der Waals surface area contributed by atoms with Gasteiger partial charge in [0.25, 0.3) is 5.91 Å². The lowest BCUT2D eigenvalue weighted by molar-refractivity contribution is -0.127. The normalized spacial score (nSPS) is 14.7. The number of nitrogens with one attached hydrogen (secondary N) is 1. The first-order valence-electron chi connectivity index (χ1n) is 9.30. The van der Waals surface area contributed by atoms with E-state index in [4.69, 9.17) is 0 Å². The number of amides is 2. The van der Waals surface area contributed by atoms with Gasteiger partial charge in [-0.2, -0.15) is 0 Å². The summed E-state index contributed by atoms with van der Waals surface area (Å²) in [6, 6.07) is 14.2. The van der Waals surface area contributed by atoms with Crippen LogP contribution in [0.15, 0.2) is 59.1 Å². The predicted octanol–water partition coefficient (Wildman–Crippen LogP) is 4.07. The van der Waals surface area contributed by atoms with Gasteiger partial charge in [-0.15, -0.1) is 0 Å². The van der Waals surface area contributed by atoms with Gasteiger partial charge in [0.1, 0.15) is 11.5 Å². The molecule has 7 heteroatoms. The second kappa shape index (κ2) is 8.21. The van der Waals surface area contributed by atoms with E-state index in [1.54, 1.807) is 21.9 Å². The molecule has 0 saturated carbocycles. The molecule has 2 aromatic carbocycles. The molecule has 2 heterocycles. The minimum Gasteiger partial charge on any atom is -0.351 e. The van der Waals surface area contributed by atoms with Gasteiger partial charge >= 0.3 is 0 Å². The van der Waals surface area contributed by atoms with Crippen molar-refractivity contribution < 1.29 is 14.0 Å². The molecule has 4 rings (SSSR count). The molecule has 2 amide bonds. The molecule has 0 radical (unpaired) electrons. The summed E-state index contributed by atoms with van der Waals surface area (Å²) in [7, 11) is 0. The van der Waals surface area contributed by atoms with E-state index in [0.717, 1.165) is 15.4 Å². The van der Waals surface area contributed by atoms with Crippen molar-refractivity contribution in [3.8, 4) is 0 Å². The highest BCUT2D eigenvalue weighted by Gasteiger charge is 2.24. The molecule has 1 aliphatic rings. The number of hydrogen-bond donors (Lipinski definition) is 1. The van der Waals surface area contributed by atoms with E-state index < -0.39 is 0 Å². The molecular formula is C22H19BrFN3O2. The Hall–Kier alpha value is -2.93. The number of aromatic amines is 1. The van der Waals surface area contributed by atoms with Crippen molar-refractivity contribution in [2.24, 2.45) is 0 Å². The Kier molecular flexibility index (Phi) is 5.49. The molecule has 1 aliphatic heterocycles. The number of benzene rings is 2. The first kappa shape index (κ1) is 19.4. The van der Waals surface area contributed by atoms with Gasteiger partial charge in [-0.1, -0.05) is 34.1 Å². The topological polar surface area (TPSA) is 56.4 Å². The van der Waals surface area contributed by atoms with E-state index >= 15 is 0 Å². The molecule has 0 unspecified atom stereocenters. The maximum absolute atomic E-state index is 13.8. The molecule has 1 aromatic heterocycles. The molecule has 0 aliphatic carbocycles. The monoisotopic (exact) mass is 455 g/mol. The van der Waals surface area contributed by atoms with E-state index in [0.29, 0.717) is 37.4 Å². The van der Waals surface area contributed by atoms with Crippen LogP contribution in [0.25, 0.3) is 17.0 Å². The van der Waals surface area contributed by atoms with Gasteiger partial charge in [-0.3, -0.25) is 9.59 Å². The Morgan fingerprint density at radius 1 is 1.00 bits per heavy atom. The Morgan fingerprint density at radius 3 is 2.48 bits per heavy atom. The minimum absolute atomic E-state index is 0.0694. The number of piperazine rings is 1. The highest BCUT2D eigenvalue weighted by molar-refractivity contribution is 9.10. The summed E-state index contributed by atoms with van der Waals surface area (Å²) >= 11 is 3.29. The smallest absolute Gasteiger partial charge is 0.270 e. The van der Waals surface area contributed by atoms with Crippen LogP contribution >= 0.6 is 15.9 Å². The first-order chi connectivity index (χ1) is 14.0. The van der Waals surface area contributed by atoms with Gasteiger partial charge in [0.05, 0.1) is 0 Å². The largest absolute Gasteiger partial charge is 0.351 e. The maximum Gasteiger partial charge on any atom is 0.270 e. The molecule has 29 heavy (non-hydrogen) atoms. The zero-order valence-corrected chi connectivity index (χ0v) is 17.2. The Morgan fingerprint density at radius 2 is 1.72 bits per heavy atom. The number of nitrogens with zero attached hydrogens (tertiary/aromatic N) is 2. The molecule has 0 bridgehead atoms. The lowest BCUT2D eigenvalue weighted by atomic mass is 10.2. The fourth-order valence-corrected chi connectivity index (χ4v) is 3.78. The summed E-state index contributed by atoms with van der Waals surface area (Å²) in [5, 5.41) is 0.995.